The average molecular weight is 384 g/mol. The smallest absolute Gasteiger partial charge is 0.207 e. The Bertz CT molecular complexity index is 804. The van der Waals surface area contributed by atoms with Crippen molar-refractivity contribution in [3.63, 3.8) is 0 Å². The summed E-state index contributed by atoms with van der Waals surface area (Å²) in [6.07, 6.45) is 1.24. The molecular weight excluding hydrogens is 365 g/mol. The van der Waals surface area contributed by atoms with E-state index >= 15 is 0 Å². The van der Waals surface area contributed by atoms with Crippen molar-refractivity contribution in [3.05, 3.63) is 64.7 Å². The third-order valence-electron chi connectivity index (χ3n) is 4.37. The molecule has 1 saturated heterocycles. The monoisotopic (exact) mass is 383 g/mol. The molecule has 0 unspecified atom stereocenters. The molecule has 3 nitrogen and oxygen atoms in total. The average Bonchev–Trinajstić information content (AvgIpc) is 2.55. The highest BCUT2D eigenvalue weighted by atomic mass is 35.5. The standard InChI is InChI=1S/C18H19Cl2NO2S/c1-13-2-8-17(9-3-13)24(22,23)21-11-10-16(20)12-18(21)14-4-6-15(19)7-5-14/h2-9,16,18H,10-12H2,1H3/t16-,18-/m1/s1. The molecule has 0 saturated carbocycles. The minimum absolute atomic E-state index is 0.0323. The van der Waals surface area contributed by atoms with Gasteiger partial charge in [0.05, 0.1) is 10.9 Å². The minimum atomic E-state index is -3.57. The van der Waals surface area contributed by atoms with Gasteiger partial charge in [0.15, 0.2) is 0 Å². The summed E-state index contributed by atoms with van der Waals surface area (Å²) >= 11 is 12.3. The van der Waals surface area contributed by atoms with E-state index in [1.165, 1.54) is 0 Å². The number of sulfonamides is 1. The Labute approximate surface area is 153 Å². The van der Waals surface area contributed by atoms with Crippen LogP contribution in [0.25, 0.3) is 0 Å². The van der Waals surface area contributed by atoms with Gasteiger partial charge in [-0.15, -0.1) is 11.6 Å². The molecule has 1 fully saturated rings. The van der Waals surface area contributed by atoms with Crippen LogP contribution in [0, 0.1) is 6.92 Å². The van der Waals surface area contributed by atoms with Gasteiger partial charge in [-0.2, -0.15) is 4.31 Å². The van der Waals surface area contributed by atoms with Gasteiger partial charge < -0.3 is 0 Å². The quantitative estimate of drug-likeness (QED) is 0.714. The SMILES string of the molecule is Cc1ccc(S(=O)(=O)N2CC[C@@H](Cl)C[C@@H]2c2ccc(Cl)cc2)cc1. The van der Waals surface area contributed by atoms with E-state index in [-0.39, 0.29) is 11.4 Å². The van der Waals surface area contributed by atoms with E-state index in [1.54, 1.807) is 28.6 Å². The zero-order valence-electron chi connectivity index (χ0n) is 13.3. The Morgan fingerprint density at radius 1 is 1.04 bits per heavy atom. The summed E-state index contributed by atoms with van der Waals surface area (Å²) in [5.41, 5.74) is 1.95. The zero-order valence-corrected chi connectivity index (χ0v) is 15.7. The summed E-state index contributed by atoms with van der Waals surface area (Å²) in [5, 5.41) is 0.597. The van der Waals surface area contributed by atoms with Crippen LogP contribution in [0.5, 0.6) is 0 Å². The van der Waals surface area contributed by atoms with Crippen molar-refractivity contribution in [2.45, 2.75) is 36.1 Å². The van der Waals surface area contributed by atoms with Crippen LogP contribution in [0.1, 0.15) is 30.0 Å². The molecule has 0 amide bonds. The predicted octanol–water partition coefficient (Wildman–Crippen LogP) is 4.78. The Morgan fingerprint density at radius 3 is 2.29 bits per heavy atom. The molecule has 3 rings (SSSR count). The molecule has 0 radical (unpaired) electrons. The first-order valence-electron chi connectivity index (χ1n) is 7.86. The Hall–Kier alpha value is -1.07. The molecule has 6 heteroatoms. The molecule has 1 heterocycles. The first-order valence-corrected chi connectivity index (χ1v) is 10.1. The van der Waals surface area contributed by atoms with Crippen LogP contribution >= 0.6 is 23.2 Å². The maximum Gasteiger partial charge on any atom is 0.243 e. The van der Waals surface area contributed by atoms with E-state index in [4.69, 9.17) is 23.2 Å². The molecule has 0 aromatic heterocycles. The van der Waals surface area contributed by atoms with Crippen LogP contribution < -0.4 is 0 Å². The van der Waals surface area contributed by atoms with E-state index in [2.05, 4.69) is 0 Å². The summed E-state index contributed by atoms with van der Waals surface area (Å²) < 4.78 is 27.8. The van der Waals surface area contributed by atoms with Gasteiger partial charge in [0.1, 0.15) is 0 Å². The Kier molecular flexibility index (Phi) is 5.21. The fraction of sp³-hybridized carbons (Fsp3) is 0.333. The van der Waals surface area contributed by atoms with E-state index in [1.807, 2.05) is 31.2 Å². The number of aryl methyl sites for hydroxylation is 1. The number of halogens is 2. The van der Waals surface area contributed by atoms with Gasteiger partial charge in [0.25, 0.3) is 0 Å². The molecule has 128 valence electrons. The lowest BCUT2D eigenvalue weighted by atomic mass is 9.97. The second-order valence-corrected chi connectivity index (χ2v) is 9.06. The van der Waals surface area contributed by atoms with Gasteiger partial charge in [0.2, 0.25) is 10.0 Å². The number of nitrogens with zero attached hydrogens (tertiary/aromatic N) is 1. The maximum absolute atomic E-state index is 13.1. The van der Waals surface area contributed by atoms with Crippen LogP contribution in [0.2, 0.25) is 5.02 Å². The zero-order chi connectivity index (χ0) is 17.3. The summed E-state index contributed by atoms with van der Waals surface area (Å²) in [5.74, 6) is 0. The molecule has 1 aliphatic heterocycles. The lowest BCUT2D eigenvalue weighted by molar-refractivity contribution is 0.259. The normalized spacial score (nSPS) is 22.5. The van der Waals surface area contributed by atoms with Crippen molar-refractivity contribution in [3.8, 4) is 0 Å². The fourth-order valence-electron chi connectivity index (χ4n) is 3.02. The van der Waals surface area contributed by atoms with Crippen molar-refractivity contribution in [1.29, 1.82) is 0 Å². The topological polar surface area (TPSA) is 37.4 Å². The van der Waals surface area contributed by atoms with Gasteiger partial charge in [-0.05, 0) is 49.6 Å². The second-order valence-electron chi connectivity index (χ2n) is 6.12. The molecule has 0 spiro atoms. The van der Waals surface area contributed by atoms with Crippen molar-refractivity contribution in [1.82, 2.24) is 4.31 Å². The van der Waals surface area contributed by atoms with Crippen molar-refractivity contribution in [2.24, 2.45) is 0 Å². The highest BCUT2D eigenvalue weighted by molar-refractivity contribution is 7.89. The second kappa shape index (κ2) is 7.04. The first-order chi connectivity index (χ1) is 11.4. The highest BCUT2D eigenvalue weighted by Crippen LogP contribution is 2.37. The number of rotatable bonds is 3. The number of piperidine rings is 1. The van der Waals surface area contributed by atoms with Gasteiger partial charge in [-0.25, -0.2) is 8.42 Å². The fourth-order valence-corrected chi connectivity index (χ4v) is 5.05. The van der Waals surface area contributed by atoms with Crippen molar-refractivity contribution >= 4 is 33.2 Å². The lowest BCUT2D eigenvalue weighted by Crippen LogP contribution is -2.41. The van der Waals surface area contributed by atoms with E-state index in [0.29, 0.717) is 29.3 Å². The molecule has 0 N–H and O–H groups in total. The largest absolute Gasteiger partial charge is 0.243 e. The van der Waals surface area contributed by atoms with Crippen LogP contribution in [-0.2, 0) is 10.0 Å². The number of hydrogen-bond donors (Lipinski definition) is 0. The van der Waals surface area contributed by atoms with E-state index in [0.717, 1.165) is 11.1 Å². The maximum atomic E-state index is 13.1. The van der Waals surface area contributed by atoms with E-state index in [9.17, 15) is 8.42 Å². The predicted molar refractivity (Wildman–Crippen MR) is 98.1 cm³/mol. The van der Waals surface area contributed by atoms with Gasteiger partial charge in [-0.3, -0.25) is 0 Å². The number of hydrogen-bond acceptors (Lipinski definition) is 2. The minimum Gasteiger partial charge on any atom is -0.207 e. The van der Waals surface area contributed by atoms with Crippen molar-refractivity contribution in [2.75, 3.05) is 6.54 Å². The van der Waals surface area contributed by atoms with Gasteiger partial charge >= 0.3 is 0 Å². The molecule has 2 aromatic carbocycles. The molecular formula is C18H19Cl2NO2S. The third-order valence-corrected chi connectivity index (χ3v) is 6.94. The van der Waals surface area contributed by atoms with Gasteiger partial charge in [0, 0.05) is 16.9 Å². The summed E-state index contributed by atoms with van der Waals surface area (Å²) in [4.78, 5) is 0.320. The summed E-state index contributed by atoms with van der Waals surface area (Å²) in [6.45, 7) is 2.35. The van der Waals surface area contributed by atoms with Crippen LogP contribution in [0.4, 0.5) is 0 Å². The summed E-state index contributed by atoms with van der Waals surface area (Å²) in [6, 6.07) is 14.0. The Morgan fingerprint density at radius 2 is 1.67 bits per heavy atom. The highest BCUT2D eigenvalue weighted by Gasteiger charge is 2.37. The molecule has 0 aliphatic carbocycles. The van der Waals surface area contributed by atoms with Crippen LogP contribution in [0.15, 0.2) is 53.4 Å². The number of alkyl halides is 1. The van der Waals surface area contributed by atoms with Gasteiger partial charge in [-0.1, -0.05) is 41.4 Å². The summed E-state index contributed by atoms with van der Waals surface area (Å²) in [7, 11) is -3.57. The molecule has 2 atom stereocenters. The van der Waals surface area contributed by atoms with E-state index < -0.39 is 10.0 Å². The lowest BCUT2D eigenvalue weighted by Gasteiger charge is -2.37. The third kappa shape index (κ3) is 3.62. The number of benzene rings is 2. The van der Waals surface area contributed by atoms with Crippen LogP contribution in [-0.4, -0.2) is 24.6 Å². The van der Waals surface area contributed by atoms with Crippen molar-refractivity contribution < 1.29 is 8.42 Å². The Balaban J connectivity index is 1.99. The molecule has 0 bridgehead atoms. The van der Waals surface area contributed by atoms with Crippen LogP contribution in [0.3, 0.4) is 0 Å². The first kappa shape index (κ1) is 17.7. The molecule has 2 aromatic rings. The molecule has 1 aliphatic rings. The molecule has 24 heavy (non-hydrogen) atoms.